The van der Waals surface area contributed by atoms with E-state index < -0.39 is 0 Å². The van der Waals surface area contributed by atoms with Gasteiger partial charge >= 0.3 is 0 Å². The molecule has 7 heteroatoms. The van der Waals surface area contributed by atoms with Crippen LogP contribution in [0.3, 0.4) is 0 Å². The van der Waals surface area contributed by atoms with Gasteiger partial charge in [-0.25, -0.2) is 4.98 Å². The van der Waals surface area contributed by atoms with E-state index >= 15 is 0 Å². The van der Waals surface area contributed by atoms with Crippen LogP contribution in [0.4, 0.5) is 0 Å². The van der Waals surface area contributed by atoms with Crippen molar-refractivity contribution in [2.75, 3.05) is 13.1 Å². The van der Waals surface area contributed by atoms with Gasteiger partial charge in [0.1, 0.15) is 0 Å². The van der Waals surface area contributed by atoms with E-state index in [-0.39, 0.29) is 36.6 Å². The normalized spacial score (nSPS) is 14.7. The van der Waals surface area contributed by atoms with Crippen LogP contribution < -0.4 is 10.6 Å². The molecule has 0 radical (unpaired) electrons. The average Bonchev–Trinajstić information content (AvgIpc) is 2.96. The number of halogens is 2. The minimum atomic E-state index is 0. The molecule has 0 spiro atoms. The van der Waals surface area contributed by atoms with E-state index in [1.165, 1.54) is 5.56 Å². The predicted molar refractivity (Wildman–Crippen MR) is 99.6 cm³/mol. The minimum Gasteiger partial charge on any atom is -0.352 e. The van der Waals surface area contributed by atoms with Gasteiger partial charge in [-0.1, -0.05) is 31.2 Å². The Labute approximate surface area is 155 Å². The van der Waals surface area contributed by atoms with Crippen molar-refractivity contribution in [3.8, 4) is 0 Å². The zero-order valence-corrected chi connectivity index (χ0v) is 15.3. The minimum absolute atomic E-state index is 0. The second-order valence-electron chi connectivity index (χ2n) is 5.98. The summed E-state index contributed by atoms with van der Waals surface area (Å²) in [5.41, 5.74) is 2.34. The van der Waals surface area contributed by atoms with Gasteiger partial charge in [-0.15, -0.1) is 24.8 Å². The SMILES string of the molecule is CC(C(=O)NCc1cccc(Cn2ccnc2)c1)C1CNC1.Cl.Cl. The highest BCUT2D eigenvalue weighted by Gasteiger charge is 2.28. The molecule has 1 aliphatic heterocycles. The summed E-state index contributed by atoms with van der Waals surface area (Å²) >= 11 is 0. The Kier molecular flexibility index (Phi) is 8.25. The Bertz CT molecular complexity index is 629. The molecule has 1 unspecified atom stereocenters. The fourth-order valence-corrected chi connectivity index (χ4v) is 2.66. The van der Waals surface area contributed by atoms with E-state index in [1.807, 2.05) is 36.1 Å². The molecule has 0 saturated carbocycles. The van der Waals surface area contributed by atoms with E-state index in [9.17, 15) is 4.79 Å². The number of benzene rings is 1. The summed E-state index contributed by atoms with van der Waals surface area (Å²) in [5.74, 6) is 0.703. The zero-order chi connectivity index (χ0) is 15.4. The molecule has 1 fully saturated rings. The quantitative estimate of drug-likeness (QED) is 0.819. The second kappa shape index (κ2) is 9.67. The van der Waals surface area contributed by atoms with Crippen LogP contribution in [0.15, 0.2) is 43.0 Å². The van der Waals surface area contributed by atoms with Crippen LogP contribution in [0.5, 0.6) is 0 Å². The van der Waals surface area contributed by atoms with Crippen LogP contribution in [-0.4, -0.2) is 28.5 Å². The molecule has 1 saturated heterocycles. The first-order chi connectivity index (χ1) is 10.7. The highest BCUT2D eigenvalue weighted by Crippen LogP contribution is 2.16. The van der Waals surface area contributed by atoms with Crippen molar-refractivity contribution in [2.45, 2.75) is 20.0 Å². The van der Waals surface area contributed by atoms with Crippen molar-refractivity contribution in [3.63, 3.8) is 0 Å². The molecule has 1 aliphatic rings. The maximum atomic E-state index is 12.1. The molecule has 1 aromatic carbocycles. The van der Waals surface area contributed by atoms with Gasteiger partial charge in [0.15, 0.2) is 0 Å². The number of hydrogen-bond acceptors (Lipinski definition) is 3. The summed E-state index contributed by atoms with van der Waals surface area (Å²) in [5, 5.41) is 6.26. The van der Waals surface area contributed by atoms with Crippen molar-refractivity contribution in [1.82, 2.24) is 20.2 Å². The maximum absolute atomic E-state index is 12.1. The number of carbonyl (C=O) groups excluding carboxylic acids is 1. The Morgan fingerprint density at radius 1 is 1.38 bits per heavy atom. The fraction of sp³-hybridized carbons (Fsp3) is 0.412. The largest absolute Gasteiger partial charge is 0.352 e. The van der Waals surface area contributed by atoms with Crippen molar-refractivity contribution in [1.29, 1.82) is 0 Å². The van der Waals surface area contributed by atoms with Crippen LogP contribution >= 0.6 is 24.8 Å². The third-order valence-electron chi connectivity index (χ3n) is 4.32. The molecule has 3 rings (SSSR count). The first-order valence-corrected chi connectivity index (χ1v) is 7.74. The number of imidazole rings is 1. The topological polar surface area (TPSA) is 59.0 Å². The van der Waals surface area contributed by atoms with Gasteiger partial charge < -0.3 is 15.2 Å². The van der Waals surface area contributed by atoms with E-state index in [0.29, 0.717) is 12.5 Å². The van der Waals surface area contributed by atoms with E-state index in [4.69, 9.17) is 0 Å². The Morgan fingerprint density at radius 3 is 2.75 bits per heavy atom. The molecule has 2 aromatic rings. The summed E-state index contributed by atoms with van der Waals surface area (Å²) in [6.45, 7) is 5.30. The molecule has 24 heavy (non-hydrogen) atoms. The maximum Gasteiger partial charge on any atom is 0.223 e. The van der Waals surface area contributed by atoms with Crippen molar-refractivity contribution in [3.05, 3.63) is 54.1 Å². The average molecular weight is 371 g/mol. The summed E-state index contributed by atoms with van der Waals surface area (Å²) in [4.78, 5) is 16.2. The van der Waals surface area contributed by atoms with Crippen LogP contribution in [0.1, 0.15) is 18.1 Å². The predicted octanol–water partition coefficient (Wildman–Crippen LogP) is 2.25. The summed E-state index contributed by atoms with van der Waals surface area (Å²) in [7, 11) is 0. The monoisotopic (exact) mass is 370 g/mol. The highest BCUT2D eigenvalue weighted by atomic mass is 35.5. The van der Waals surface area contributed by atoms with Crippen molar-refractivity contribution in [2.24, 2.45) is 11.8 Å². The van der Waals surface area contributed by atoms with Gasteiger partial charge in [0.25, 0.3) is 0 Å². The summed E-state index contributed by atoms with van der Waals surface area (Å²) < 4.78 is 2.03. The van der Waals surface area contributed by atoms with Gasteiger partial charge in [0.2, 0.25) is 5.91 Å². The molecule has 1 atom stereocenters. The first kappa shape index (κ1) is 20.5. The van der Waals surface area contributed by atoms with Crippen LogP contribution in [-0.2, 0) is 17.9 Å². The number of hydrogen-bond donors (Lipinski definition) is 2. The molecule has 132 valence electrons. The lowest BCUT2D eigenvalue weighted by Gasteiger charge is -2.31. The molecule has 2 N–H and O–H groups in total. The lowest BCUT2D eigenvalue weighted by Crippen LogP contribution is -2.49. The number of nitrogens with one attached hydrogen (secondary N) is 2. The third kappa shape index (κ3) is 5.23. The zero-order valence-electron chi connectivity index (χ0n) is 13.6. The lowest BCUT2D eigenvalue weighted by atomic mass is 9.88. The standard InChI is InChI=1S/C17H22N4O.2ClH/c1-13(16-9-19-10-16)17(22)20-8-14-3-2-4-15(7-14)11-21-6-5-18-12-21;;/h2-7,12-13,16,19H,8-11H2,1H3,(H,20,22);2*1H. The molecular weight excluding hydrogens is 347 g/mol. The smallest absolute Gasteiger partial charge is 0.223 e. The molecule has 2 heterocycles. The lowest BCUT2D eigenvalue weighted by molar-refractivity contribution is -0.126. The molecule has 5 nitrogen and oxygen atoms in total. The van der Waals surface area contributed by atoms with E-state index in [2.05, 4.69) is 27.8 Å². The Morgan fingerprint density at radius 2 is 2.12 bits per heavy atom. The summed E-state index contributed by atoms with van der Waals surface area (Å²) in [6.07, 6.45) is 5.53. The van der Waals surface area contributed by atoms with Crippen molar-refractivity contribution < 1.29 is 4.79 Å². The molecule has 0 aliphatic carbocycles. The van der Waals surface area contributed by atoms with Crippen LogP contribution in [0, 0.1) is 11.8 Å². The number of rotatable bonds is 6. The molecule has 0 bridgehead atoms. The van der Waals surface area contributed by atoms with Gasteiger partial charge in [-0.3, -0.25) is 4.79 Å². The van der Waals surface area contributed by atoms with Crippen LogP contribution in [0.2, 0.25) is 0 Å². The molecule has 1 amide bonds. The van der Waals surface area contributed by atoms with Crippen molar-refractivity contribution >= 4 is 30.7 Å². The Balaban J connectivity index is 0.00000144. The van der Waals surface area contributed by atoms with Gasteiger partial charge in [-0.05, 0) is 30.1 Å². The Hall–Kier alpha value is -1.56. The molecule has 1 aromatic heterocycles. The third-order valence-corrected chi connectivity index (χ3v) is 4.32. The summed E-state index contributed by atoms with van der Waals surface area (Å²) in [6, 6.07) is 8.31. The van der Waals surface area contributed by atoms with Gasteiger partial charge in [0, 0.05) is 31.4 Å². The van der Waals surface area contributed by atoms with E-state index in [1.54, 1.807) is 6.20 Å². The number of nitrogens with zero attached hydrogens (tertiary/aromatic N) is 2. The number of carbonyl (C=O) groups is 1. The highest BCUT2D eigenvalue weighted by molar-refractivity contribution is 5.85. The van der Waals surface area contributed by atoms with Gasteiger partial charge in [0.05, 0.1) is 6.33 Å². The number of amides is 1. The fourth-order valence-electron chi connectivity index (χ4n) is 2.66. The van der Waals surface area contributed by atoms with Crippen LogP contribution in [0.25, 0.3) is 0 Å². The number of aromatic nitrogens is 2. The van der Waals surface area contributed by atoms with Gasteiger partial charge in [-0.2, -0.15) is 0 Å². The first-order valence-electron chi connectivity index (χ1n) is 7.74. The molecular formula is C17H24Cl2N4O. The second-order valence-corrected chi connectivity index (χ2v) is 5.98. The van der Waals surface area contributed by atoms with E-state index in [0.717, 1.165) is 25.2 Å².